The van der Waals surface area contributed by atoms with Crippen LogP contribution in [0.25, 0.3) is 0 Å². The first-order chi connectivity index (χ1) is 10.2. The Morgan fingerprint density at radius 3 is 2.95 bits per heavy atom. The Kier molecular flexibility index (Phi) is 3.87. The van der Waals surface area contributed by atoms with Crippen molar-refractivity contribution in [2.45, 2.75) is 12.5 Å². The van der Waals surface area contributed by atoms with Crippen LogP contribution in [0.4, 0.5) is 5.69 Å². The van der Waals surface area contributed by atoms with Crippen molar-refractivity contribution in [3.05, 3.63) is 46.7 Å². The van der Waals surface area contributed by atoms with E-state index in [-0.39, 0.29) is 18.4 Å². The zero-order valence-electron chi connectivity index (χ0n) is 11.2. The Morgan fingerprint density at radius 2 is 2.14 bits per heavy atom. The number of anilines is 1. The molecule has 0 bridgehead atoms. The van der Waals surface area contributed by atoms with Crippen LogP contribution in [0.1, 0.15) is 4.88 Å². The van der Waals surface area contributed by atoms with Gasteiger partial charge in [-0.2, -0.15) is 0 Å². The number of fused-ring (bicyclic) bond motifs is 1. The van der Waals surface area contributed by atoms with Crippen LogP contribution in [-0.2, 0) is 16.0 Å². The summed E-state index contributed by atoms with van der Waals surface area (Å²) in [6, 6.07) is 11.0. The largest absolute Gasteiger partial charge is 0.477 e. The molecule has 1 aliphatic heterocycles. The van der Waals surface area contributed by atoms with Gasteiger partial charge in [0, 0.05) is 4.88 Å². The van der Waals surface area contributed by atoms with Gasteiger partial charge in [-0.05, 0) is 23.6 Å². The summed E-state index contributed by atoms with van der Waals surface area (Å²) < 4.78 is 5.61. The van der Waals surface area contributed by atoms with Crippen LogP contribution in [0.15, 0.2) is 41.8 Å². The van der Waals surface area contributed by atoms with Gasteiger partial charge in [-0.15, -0.1) is 11.3 Å². The molecule has 1 atom stereocenters. The lowest BCUT2D eigenvalue weighted by Crippen LogP contribution is -2.45. The average Bonchev–Trinajstić information content (AvgIpc) is 2.98. The second-order valence-corrected chi connectivity index (χ2v) is 5.68. The first-order valence-corrected chi connectivity index (χ1v) is 7.46. The number of nitrogens with one attached hydrogen (secondary N) is 2. The van der Waals surface area contributed by atoms with E-state index >= 15 is 0 Å². The molecule has 0 spiro atoms. The molecule has 1 unspecified atom stereocenters. The number of carbonyl (C=O) groups excluding carboxylic acids is 2. The molecule has 0 radical (unpaired) electrons. The van der Waals surface area contributed by atoms with Crippen LogP contribution in [-0.4, -0.2) is 24.5 Å². The van der Waals surface area contributed by atoms with Gasteiger partial charge in [0.25, 0.3) is 5.91 Å². The molecule has 3 rings (SSSR count). The van der Waals surface area contributed by atoms with Gasteiger partial charge in [0.1, 0.15) is 5.75 Å². The van der Waals surface area contributed by atoms with Crippen molar-refractivity contribution in [2.24, 2.45) is 0 Å². The summed E-state index contributed by atoms with van der Waals surface area (Å²) in [5.41, 5.74) is 0.656. The summed E-state index contributed by atoms with van der Waals surface area (Å²) in [6.07, 6.45) is -0.380. The highest BCUT2D eigenvalue weighted by Gasteiger charge is 2.27. The molecule has 108 valence electrons. The minimum Gasteiger partial charge on any atom is -0.477 e. The molecule has 1 aromatic heterocycles. The number of rotatable bonds is 4. The number of hydrogen-bond acceptors (Lipinski definition) is 4. The van der Waals surface area contributed by atoms with Crippen molar-refractivity contribution in [3.63, 3.8) is 0 Å². The third kappa shape index (κ3) is 3.22. The quantitative estimate of drug-likeness (QED) is 0.905. The van der Waals surface area contributed by atoms with E-state index in [0.717, 1.165) is 4.88 Å². The van der Waals surface area contributed by atoms with Gasteiger partial charge in [0.2, 0.25) is 5.91 Å². The monoisotopic (exact) mass is 302 g/mol. The van der Waals surface area contributed by atoms with Crippen molar-refractivity contribution in [1.29, 1.82) is 0 Å². The fraction of sp³-hybridized carbons (Fsp3) is 0.200. The Labute approximate surface area is 125 Å². The maximum atomic E-state index is 11.9. The Balaban J connectivity index is 1.56. The molecule has 0 aliphatic carbocycles. The normalized spacial score (nSPS) is 16.6. The van der Waals surface area contributed by atoms with E-state index in [9.17, 15) is 9.59 Å². The van der Waals surface area contributed by atoms with E-state index in [2.05, 4.69) is 10.6 Å². The van der Waals surface area contributed by atoms with Crippen LogP contribution < -0.4 is 15.4 Å². The molecule has 0 saturated carbocycles. The summed E-state index contributed by atoms with van der Waals surface area (Å²) in [7, 11) is 0. The van der Waals surface area contributed by atoms with E-state index < -0.39 is 6.10 Å². The highest BCUT2D eigenvalue weighted by Crippen LogP contribution is 2.28. The fourth-order valence-electron chi connectivity index (χ4n) is 2.07. The first-order valence-electron chi connectivity index (χ1n) is 6.58. The Hall–Kier alpha value is -2.34. The molecule has 1 aliphatic rings. The van der Waals surface area contributed by atoms with Gasteiger partial charge in [0.15, 0.2) is 6.10 Å². The molecule has 2 amide bonds. The predicted octanol–water partition coefficient (Wildman–Crippen LogP) is 1.81. The van der Waals surface area contributed by atoms with E-state index in [1.807, 2.05) is 29.6 Å². The van der Waals surface area contributed by atoms with E-state index in [0.29, 0.717) is 17.9 Å². The minimum atomic E-state index is -0.702. The standard InChI is InChI=1S/C15H14N2O3S/c18-14(8-10-4-3-7-21-10)16-9-13-15(19)17-11-5-1-2-6-12(11)20-13/h1-7,13H,8-9H2,(H,16,18)(H,17,19). The second-order valence-electron chi connectivity index (χ2n) is 4.65. The van der Waals surface area contributed by atoms with Gasteiger partial charge in [-0.3, -0.25) is 9.59 Å². The fourth-order valence-corrected chi connectivity index (χ4v) is 2.77. The predicted molar refractivity (Wildman–Crippen MR) is 80.5 cm³/mol. The van der Waals surface area contributed by atoms with Crippen molar-refractivity contribution in [3.8, 4) is 5.75 Å². The summed E-state index contributed by atoms with van der Waals surface area (Å²) >= 11 is 1.53. The number of amides is 2. The van der Waals surface area contributed by atoms with Crippen molar-refractivity contribution in [1.82, 2.24) is 5.32 Å². The first kappa shape index (κ1) is 13.6. The zero-order valence-corrected chi connectivity index (χ0v) is 12.0. The molecule has 5 nitrogen and oxygen atoms in total. The number of hydrogen-bond donors (Lipinski definition) is 2. The third-order valence-corrected chi connectivity index (χ3v) is 3.98. The topological polar surface area (TPSA) is 67.4 Å². The third-order valence-electron chi connectivity index (χ3n) is 3.11. The maximum absolute atomic E-state index is 11.9. The molecule has 0 saturated heterocycles. The molecule has 21 heavy (non-hydrogen) atoms. The summed E-state index contributed by atoms with van der Waals surface area (Å²) in [5, 5.41) is 7.43. The minimum absolute atomic E-state index is 0.118. The number of thiophene rings is 1. The van der Waals surface area contributed by atoms with Gasteiger partial charge >= 0.3 is 0 Å². The van der Waals surface area contributed by atoms with E-state index in [1.54, 1.807) is 12.1 Å². The second kappa shape index (κ2) is 5.97. The Morgan fingerprint density at radius 1 is 1.29 bits per heavy atom. The molecule has 2 N–H and O–H groups in total. The number of para-hydroxylation sites is 2. The van der Waals surface area contributed by atoms with Gasteiger partial charge < -0.3 is 15.4 Å². The summed E-state index contributed by atoms with van der Waals surface area (Å²) in [4.78, 5) is 24.7. The van der Waals surface area contributed by atoms with Crippen LogP contribution in [0.2, 0.25) is 0 Å². The summed E-state index contributed by atoms with van der Waals surface area (Å²) in [5.74, 6) is 0.257. The van der Waals surface area contributed by atoms with Gasteiger partial charge in [-0.1, -0.05) is 18.2 Å². The molecule has 0 fully saturated rings. The van der Waals surface area contributed by atoms with E-state index in [4.69, 9.17) is 4.74 Å². The number of benzene rings is 1. The van der Waals surface area contributed by atoms with Gasteiger partial charge in [-0.25, -0.2) is 0 Å². The number of ether oxygens (including phenoxy) is 1. The zero-order chi connectivity index (χ0) is 14.7. The van der Waals surface area contributed by atoms with Crippen molar-refractivity contribution >= 4 is 28.8 Å². The lowest BCUT2D eigenvalue weighted by atomic mass is 10.2. The molecule has 2 heterocycles. The highest BCUT2D eigenvalue weighted by molar-refractivity contribution is 7.10. The lowest BCUT2D eigenvalue weighted by molar-refractivity contribution is -0.124. The van der Waals surface area contributed by atoms with Gasteiger partial charge in [0.05, 0.1) is 18.7 Å². The number of carbonyl (C=O) groups is 2. The van der Waals surface area contributed by atoms with Crippen LogP contribution in [0, 0.1) is 0 Å². The molecule has 2 aromatic rings. The van der Waals surface area contributed by atoms with Crippen LogP contribution in [0.3, 0.4) is 0 Å². The van der Waals surface area contributed by atoms with Crippen molar-refractivity contribution < 1.29 is 14.3 Å². The molecule has 6 heteroatoms. The van der Waals surface area contributed by atoms with Crippen molar-refractivity contribution in [2.75, 3.05) is 11.9 Å². The summed E-state index contributed by atoms with van der Waals surface area (Å²) in [6.45, 7) is 0.157. The maximum Gasteiger partial charge on any atom is 0.267 e. The SMILES string of the molecule is O=C(Cc1cccs1)NCC1Oc2ccccc2NC1=O. The molecular formula is C15H14N2O3S. The molecule has 1 aromatic carbocycles. The van der Waals surface area contributed by atoms with Crippen LogP contribution in [0.5, 0.6) is 5.75 Å². The van der Waals surface area contributed by atoms with E-state index in [1.165, 1.54) is 11.3 Å². The highest BCUT2D eigenvalue weighted by atomic mass is 32.1. The average molecular weight is 302 g/mol. The lowest BCUT2D eigenvalue weighted by Gasteiger charge is -2.25. The Bertz CT molecular complexity index is 655. The molecular weight excluding hydrogens is 288 g/mol. The van der Waals surface area contributed by atoms with Crippen LogP contribution >= 0.6 is 11.3 Å². The smallest absolute Gasteiger partial charge is 0.267 e.